The summed E-state index contributed by atoms with van der Waals surface area (Å²) in [6.45, 7) is 1.96. The highest BCUT2D eigenvalue weighted by Crippen LogP contribution is 2.25. The van der Waals surface area contributed by atoms with E-state index >= 15 is 0 Å². The lowest BCUT2D eigenvalue weighted by Gasteiger charge is -2.21. The minimum absolute atomic E-state index is 0.0671. The third-order valence-corrected chi connectivity index (χ3v) is 6.63. The fourth-order valence-electron chi connectivity index (χ4n) is 3.14. The molecule has 0 saturated heterocycles. The molecule has 0 aliphatic heterocycles. The lowest BCUT2D eigenvalue weighted by molar-refractivity contribution is 0.0935. The van der Waals surface area contributed by atoms with Gasteiger partial charge in [-0.1, -0.05) is 55.5 Å². The van der Waals surface area contributed by atoms with Gasteiger partial charge in [0, 0.05) is 12.6 Å². The third kappa shape index (κ3) is 4.52. The highest BCUT2D eigenvalue weighted by molar-refractivity contribution is 7.92. The van der Waals surface area contributed by atoms with Gasteiger partial charge in [-0.3, -0.25) is 9.10 Å². The first-order chi connectivity index (χ1) is 14.3. The first-order valence-corrected chi connectivity index (χ1v) is 11.0. The van der Waals surface area contributed by atoms with Crippen molar-refractivity contribution in [1.29, 1.82) is 0 Å². The third-order valence-electron chi connectivity index (χ3n) is 4.86. The van der Waals surface area contributed by atoms with Gasteiger partial charge in [-0.05, 0) is 42.3 Å². The Kier molecular flexibility index (Phi) is 6.52. The molecule has 0 radical (unpaired) electrons. The van der Waals surface area contributed by atoms with Gasteiger partial charge in [0.1, 0.15) is 5.82 Å². The number of anilines is 1. The van der Waals surface area contributed by atoms with E-state index in [0.717, 1.165) is 9.87 Å². The second kappa shape index (κ2) is 9.09. The van der Waals surface area contributed by atoms with Gasteiger partial charge in [0.15, 0.2) is 0 Å². The average Bonchev–Trinajstić information content (AvgIpc) is 2.77. The van der Waals surface area contributed by atoms with E-state index in [1.807, 2.05) is 37.3 Å². The summed E-state index contributed by atoms with van der Waals surface area (Å²) in [5.74, 6) is -1.03. The normalized spacial score (nSPS) is 12.2. The van der Waals surface area contributed by atoms with Gasteiger partial charge >= 0.3 is 0 Å². The summed E-state index contributed by atoms with van der Waals surface area (Å²) in [6, 6.07) is 20.7. The molecular weight excluding hydrogens is 403 g/mol. The van der Waals surface area contributed by atoms with Gasteiger partial charge in [0.05, 0.1) is 16.6 Å². The first-order valence-electron chi connectivity index (χ1n) is 9.54. The van der Waals surface area contributed by atoms with Crippen molar-refractivity contribution in [2.45, 2.75) is 24.3 Å². The van der Waals surface area contributed by atoms with Gasteiger partial charge < -0.3 is 5.32 Å². The predicted octanol–water partition coefficient (Wildman–Crippen LogP) is 4.53. The number of halogens is 1. The Morgan fingerprint density at radius 3 is 2.33 bits per heavy atom. The molecule has 0 spiro atoms. The van der Waals surface area contributed by atoms with Crippen molar-refractivity contribution in [1.82, 2.24) is 5.32 Å². The zero-order valence-corrected chi connectivity index (χ0v) is 17.6. The molecule has 1 N–H and O–H groups in total. The summed E-state index contributed by atoms with van der Waals surface area (Å²) < 4.78 is 40.9. The van der Waals surface area contributed by atoms with Crippen LogP contribution in [-0.2, 0) is 10.0 Å². The number of benzene rings is 3. The Morgan fingerprint density at radius 2 is 1.67 bits per heavy atom. The van der Waals surface area contributed by atoms with Crippen molar-refractivity contribution in [3.63, 3.8) is 0 Å². The van der Waals surface area contributed by atoms with Crippen LogP contribution < -0.4 is 9.62 Å². The number of hydrogen-bond acceptors (Lipinski definition) is 3. The summed E-state index contributed by atoms with van der Waals surface area (Å²) in [4.78, 5) is 12.7. The van der Waals surface area contributed by atoms with Crippen LogP contribution in [0.1, 0.15) is 35.3 Å². The van der Waals surface area contributed by atoms with E-state index in [-0.39, 0.29) is 28.1 Å². The second-order valence-corrected chi connectivity index (χ2v) is 8.77. The van der Waals surface area contributed by atoms with Gasteiger partial charge in [0.2, 0.25) is 0 Å². The number of amides is 1. The Balaban J connectivity index is 1.86. The van der Waals surface area contributed by atoms with E-state index in [2.05, 4.69) is 5.32 Å². The summed E-state index contributed by atoms with van der Waals surface area (Å²) in [7, 11) is -2.76. The number of carbonyl (C=O) groups is 1. The van der Waals surface area contributed by atoms with Crippen LogP contribution >= 0.6 is 0 Å². The maximum atomic E-state index is 14.1. The van der Waals surface area contributed by atoms with E-state index in [1.165, 1.54) is 43.4 Å². The molecule has 30 heavy (non-hydrogen) atoms. The van der Waals surface area contributed by atoms with Gasteiger partial charge in [-0.15, -0.1) is 0 Å². The van der Waals surface area contributed by atoms with E-state index in [1.54, 1.807) is 12.1 Å². The summed E-state index contributed by atoms with van der Waals surface area (Å²) in [5, 5.41) is 2.94. The quantitative estimate of drug-likeness (QED) is 0.604. The monoisotopic (exact) mass is 426 g/mol. The molecule has 0 fully saturated rings. The maximum Gasteiger partial charge on any atom is 0.264 e. The van der Waals surface area contributed by atoms with E-state index in [4.69, 9.17) is 0 Å². The molecule has 3 aromatic rings. The Hall–Kier alpha value is -3.19. The number of rotatable bonds is 7. The average molecular weight is 427 g/mol. The topological polar surface area (TPSA) is 66.5 Å². The number of para-hydroxylation sites is 1. The molecule has 0 unspecified atom stereocenters. The standard InChI is InChI=1S/C23H23FN2O3S/c1-3-21(17-10-5-4-6-11-17)25-23(27)18-12-9-13-19(16-18)30(28,29)26(2)22-15-8-7-14-20(22)24/h4-16,21H,3H2,1-2H3,(H,25,27)/t21-/m1/s1. The summed E-state index contributed by atoms with van der Waals surface area (Å²) in [6.07, 6.45) is 0.684. The van der Waals surface area contributed by atoms with Crippen LogP contribution in [0.2, 0.25) is 0 Å². The minimum atomic E-state index is -4.04. The molecule has 5 nitrogen and oxygen atoms in total. The minimum Gasteiger partial charge on any atom is -0.345 e. The van der Waals surface area contributed by atoms with E-state index in [9.17, 15) is 17.6 Å². The molecule has 0 heterocycles. The SMILES string of the molecule is CC[C@@H](NC(=O)c1cccc(S(=O)(=O)N(C)c2ccccc2F)c1)c1ccccc1. The van der Waals surface area contributed by atoms with Crippen LogP contribution in [0.5, 0.6) is 0 Å². The molecule has 156 valence electrons. The van der Waals surface area contributed by atoms with Crippen molar-refractivity contribution in [3.8, 4) is 0 Å². The smallest absolute Gasteiger partial charge is 0.264 e. The largest absolute Gasteiger partial charge is 0.345 e. The fourth-order valence-corrected chi connectivity index (χ4v) is 4.39. The van der Waals surface area contributed by atoms with Crippen molar-refractivity contribution in [2.75, 3.05) is 11.4 Å². The van der Waals surface area contributed by atoms with Crippen molar-refractivity contribution in [3.05, 3.63) is 95.8 Å². The Bertz CT molecular complexity index is 1130. The number of carbonyl (C=O) groups excluding carboxylic acids is 1. The highest BCUT2D eigenvalue weighted by atomic mass is 32.2. The van der Waals surface area contributed by atoms with E-state index < -0.39 is 15.8 Å². The number of nitrogens with one attached hydrogen (secondary N) is 1. The zero-order chi connectivity index (χ0) is 21.7. The van der Waals surface area contributed by atoms with Crippen molar-refractivity contribution < 1.29 is 17.6 Å². The molecule has 1 atom stereocenters. The van der Waals surface area contributed by atoms with E-state index in [0.29, 0.717) is 6.42 Å². The number of nitrogens with zero attached hydrogens (tertiary/aromatic N) is 1. The molecular formula is C23H23FN2O3S. The predicted molar refractivity (Wildman–Crippen MR) is 115 cm³/mol. The molecule has 7 heteroatoms. The highest BCUT2D eigenvalue weighted by Gasteiger charge is 2.24. The fraction of sp³-hybridized carbons (Fsp3) is 0.174. The summed E-state index contributed by atoms with van der Waals surface area (Å²) in [5.41, 5.74) is 1.12. The number of hydrogen-bond donors (Lipinski definition) is 1. The Morgan fingerprint density at radius 1 is 1.00 bits per heavy atom. The first kappa shape index (κ1) is 21.5. The zero-order valence-electron chi connectivity index (χ0n) is 16.7. The molecule has 0 aliphatic rings. The van der Waals surface area contributed by atoms with Crippen molar-refractivity contribution >= 4 is 21.6 Å². The maximum absolute atomic E-state index is 14.1. The molecule has 0 aliphatic carbocycles. The molecule has 3 rings (SSSR count). The van der Waals surface area contributed by atoms with Crippen LogP contribution in [0.3, 0.4) is 0 Å². The van der Waals surface area contributed by atoms with Gasteiger partial charge in [0.25, 0.3) is 15.9 Å². The molecule has 3 aromatic carbocycles. The molecule has 0 aromatic heterocycles. The van der Waals surface area contributed by atoms with Gasteiger partial charge in [-0.25, -0.2) is 12.8 Å². The second-order valence-electron chi connectivity index (χ2n) is 6.80. The van der Waals surface area contributed by atoms with Crippen LogP contribution in [0.15, 0.2) is 83.8 Å². The van der Waals surface area contributed by atoms with Crippen LogP contribution in [-0.4, -0.2) is 21.4 Å². The number of sulfonamides is 1. The molecule has 1 amide bonds. The lowest BCUT2D eigenvalue weighted by atomic mass is 10.0. The summed E-state index contributed by atoms with van der Waals surface area (Å²) >= 11 is 0. The van der Waals surface area contributed by atoms with Crippen LogP contribution in [0.25, 0.3) is 0 Å². The molecule has 0 bridgehead atoms. The van der Waals surface area contributed by atoms with Crippen molar-refractivity contribution in [2.24, 2.45) is 0 Å². The van der Waals surface area contributed by atoms with Crippen LogP contribution in [0.4, 0.5) is 10.1 Å². The molecule has 0 saturated carbocycles. The van der Waals surface area contributed by atoms with Crippen LogP contribution in [0, 0.1) is 5.82 Å². The Labute approximate surface area is 176 Å². The lowest BCUT2D eigenvalue weighted by Crippen LogP contribution is -2.29. The van der Waals surface area contributed by atoms with Gasteiger partial charge in [-0.2, -0.15) is 0 Å².